The van der Waals surface area contributed by atoms with Gasteiger partial charge in [0.25, 0.3) is 0 Å². The summed E-state index contributed by atoms with van der Waals surface area (Å²) >= 11 is 12.1. The first-order valence-electron chi connectivity index (χ1n) is 6.01. The Morgan fingerprint density at radius 2 is 1.65 bits per heavy atom. The predicted molar refractivity (Wildman–Crippen MR) is 86.8 cm³/mol. The fourth-order valence-corrected chi connectivity index (χ4v) is 2.40. The summed E-state index contributed by atoms with van der Waals surface area (Å²) in [4.78, 5) is 0. The summed E-state index contributed by atoms with van der Waals surface area (Å²) in [5, 5.41) is 11.1. The third-order valence-corrected chi connectivity index (χ3v) is 3.88. The molecule has 5 heteroatoms. The number of hydrogen-bond donors (Lipinski definition) is 2. The molecular formula is C15H16Cl3NO. The zero-order valence-corrected chi connectivity index (χ0v) is 13.0. The lowest BCUT2D eigenvalue weighted by Crippen LogP contribution is -2.28. The number of hydrogen-bond acceptors (Lipinski definition) is 2. The first-order valence-corrected chi connectivity index (χ1v) is 6.76. The van der Waals surface area contributed by atoms with Crippen LogP contribution in [0.15, 0.2) is 48.5 Å². The van der Waals surface area contributed by atoms with Crippen molar-refractivity contribution < 1.29 is 5.11 Å². The summed E-state index contributed by atoms with van der Waals surface area (Å²) in [5.74, 6) is 0. The molecule has 2 rings (SSSR count). The van der Waals surface area contributed by atoms with Crippen molar-refractivity contribution >= 4 is 35.6 Å². The minimum atomic E-state index is -0.710. The van der Waals surface area contributed by atoms with E-state index >= 15 is 0 Å². The molecule has 0 saturated heterocycles. The van der Waals surface area contributed by atoms with Crippen molar-refractivity contribution in [3.8, 4) is 0 Å². The van der Waals surface area contributed by atoms with Gasteiger partial charge in [-0.15, -0.1) is 12.4 Å². The lowest BCUT2D eigenvalue weighted by molar-refractivity contribution is 0.145. The number of nitrogens with two attached hydrogens (primary N) is 1. The van der Waals surface area contributed by atoms with Gasteiger partial charge in [0.05, 0.1) is 22.2 Å². The van der Waals surface area contributed by atoms with Gasteiger partial charge in [-0.2, -0.15) is 0 Å². The summed E-state index contributed by atoms with van der Waals surface area (Å²) in [6, 6.07) is 14.4. The van der Waals surface area contributed by atoms with E-state index in [-0.39, 0.29) is 12.4 Å². The van der Waals surface area contributed by atoms with E-state index in [4.69, 9.17) is 28.9 Å². The Morgan fingerprint density at radius 1 is 1.00 bits per heavy atom. The van der Waals surface area contributed by atoms with E-state index < -0.39 is 12.1 Å². The smallest absolute Gasteiger partial charge is 0.0773 e. The Hall–Kier alpha value is -0.770. The maximum Gasteiger partial charge on any atom is 0.0773 e. The van der Waals surface area contributed by atoms with Crippen molar-refractivity contribution in [2.45, 2.75) is 18.6 Å². The molecule has 0 unspecified atom stereocenters. The molecular weight excluding hydrogens is 317 g/mol. The van der Waals surface area contributed by atoms with E-state index in [1.165, 1.54) is 0 Å². The van der Waals surface area contributed by atoms with Crippen LogP contribution in [-0.2, 0) is 6.42 Å². The second-order valence-electron chi connectivity index (χ2n) is 4.43. The van der Waals surface area contributed by atoms with Crippen LogP contribution >= 0.6 is 35.6 Å². The highest BCUT2D eigenvalue weighted by Gasteiger charge is 2.20. The molecule has 2 aromatic rings. The van der Waals surface area contributed by atoms with Crippen molar-refractivity contribution in [1.82, 2.24) is 0 Å². The fraction of sp³-hybridized carbons (Fsp3) is 0.200. The van der Waals surface area contributed by atoms with Gasteiger partial charge in [-0.05, 0) is 17.2 Å². The van der Waals surface area contributed by atoms with Crippen LogP contribution in [0.4, 0.5) is 0 Å². The van der Waals surface area contributed by atoms with Crippen molar-refractivity contribution in [3.63, 3.8) is 0 Å². The summed E-state index contributed by atoms with van der Waals surface area (Å²) in [6.07, 6.45) is -0.233. The van der Waals surface area contributed by atoms with Crippen molar-refractivity contribution in [2.75, 3.05) is 0 Å². The monoisotopic (exact) mass is 331 g/mol. The van der Waals surface area contributed by atoms with E-state index in [0.717, 1.165) is 5.56 Å². The second-order valence-corrected chi connectivity index (χ2v) is 5.21. The number of benzene rings is 2. The quantitative estimate of drug-likeness (QED) is 0.888. The van der Waals surface area contributed by atoms with Gasteiger partial charge in [0.15, 0.2) is 0 Å². The van der Waals surface area contributed by atoms with E-state index in [9.17, 15) is 5.11 Å². The summed E-state index contributed by atoms with van der Waals surface area (Å²) < 4.78 is 0. The molecule has 0 aliphatic carbocycles. The molecule has 0 fully saturated rings. The fourth-order valence-electron chi connectivity index (χ4n) is 1.97. The molecule has 0 aliphatic rings. The van der Waals surface area contributed by atoms with Gasteiger partial charge in [0.1, 0.15) is 0 Å². The molecule has 2 atom stereocenters. The molecule has 2 nitrogen and oxygen atoms in total. The first-order chi connectivity index (χ1) is 9.09. The van der Waals surface area contributed by atoms with Crippen molar-refractivity contribution in [2.24, 2.45) is 5.73 Å². The summed E-state index contributed by atoms with van der Waals surface area (Å²) in [5.41, 5.74) is 7.76. The molecule has 108 valence electrons. The average molecular weight is 333 g/mol. The van der Waals surface area contributed by atoms with E-state index in [2.05, 4.69) is 0 Å². The highest BCUT2D eigenvalue weighted by Crippen LogP contribution is 2.30. The maximum absolute atomic E-state index is 10.2. The molecule has 0 amide bonds. The molecule has 0 aliphatic heterocycles. The van der Waals surface area contributed by atoms with Gasteiger partial charge < -0.3 is 10.8 Å². The highest BCUT2D eigenvalue weighted by molar-refractivity contribution is 6.42. The summed E-state index contributed by atoms with van der Waals surface area (Å²) in [6.45, 7) is 0. The minimum Gasteiger partial charge on any atom is -0.391 e. The lowest BCUT2D eigenvalue weighted by atomic mass is 9.97. The normalized spacial score (nSPS) is 13.4. The third-order valence-electron chi connectivity index (χ3n) is 3.04. The predicted octanol–water partition coefficient (Wildman–Crippen LogP) is 4.02. The number of rotatable bonds is 4. The van der Waals surface area contributed by atoms with Gasteiger partial charge in [0.2, 0.25) is 0 Å². The number of aliphatic hydroxyl groups is 1. The van der Waals surface area contributed by atoms with E-state index in [1.54, 1.807) is 18.2 Å². The van der Waals surface area contributed by atoms with Gasteiger partial charge >= 0.3 is 0 Å². The van der Waals surface area contributed by atoms with Crippen LogP contribution in [0.5, 0.6) is 0 Å². The van der Waals surface area contributed by atoms with Gasteiger partial charge in [-0.3, -0.25) is 0 Å². The van der Waals surface area contributed by atoms with Crippen molar-refractivity contribution in [3.05, 3.63) is 69.7 Å². The van der Waals surface area contributed by atoms with E-state index in [1.807, 2.05) is 30.3 Å². The Balaban J connectivity index is 0.00000200. The summed E-state index contributed by atoms with van der Waals surface area (Å²) in [7, 11) is 0. The minimum absolute atomic E-state index is 0. The van der Waals surface area contributed by atoms with Gasteiger partial charge in [-0.25, -0.2) is 0 Å². The Kier molecular flexibility index (Phi) is 6.80. The van der Waals surface area contributed by atoms with Crippen molar-refractivity contribution in [1.29, 1.82) is 0 Å². The average Bonchev–Trinajstić information content (AvgIpc) is 2.42. The van der Waals surface area contributed by atoms with Gasteiger partial charge in [-0.1, -0.05) is 65.7 Å². The lowest BCUT2D eigenvalue weighted by Gasteiger charge is -2.20. The molecule has 20 heavy (non-hydrogen) atoms. The SMILES string of the molecule is Cl.N[C@H](c1cccc(Cl)c1Cl)[C@@H](O)Cc1ccccc1. The van der Waals surface area contributed by atoms with Gasteiger partial charge in [0, 0.05) is 6.42 Å². The first kappa shape index (κ1) is 17.3. The van der Waals surface area contributed by atoms with Crippen LogP contribution in [0, 0.1) is 0 Å². The van der Waals surface area contributed by atoms with Crippen LogP contribution in [0.3, 0.4) is 0 Å². The largest absolute Gasteiger partial charge is 0.391 e. The Labute approximate surface area is 134 Å². The third kappa shape index (κ3) is 4.11. The van der Waals surface area contributed by atoms with Crippen LogP contribution in [0.25, 0.3) is 0 Å². The van der Waals surface area contributed by atoms with Crippen LogP contribution in [-0.4, -0.2) is 11.2 Å². The standard InChI is InChI=1S/C15H15Cl2NO.ClH/c16-12-8-4-7-11(14(12)17)15(18)13(19)9-10-5-2-1-3-6-10;/h1-8,13,15,19H,9,18H2;1H/t13-,15+;/m0./s1. The molecule has 2 aromatic carbocycles. The molecule has 0 saturated carbocycles. The molecule has 0 heterocycles. The van der Waals surface area contributed by atoms with Crippen LogP contribution < -0.4 is 5.73 Å². The maximum atomic E-state index is 10.2. The topological polar surface area (TPSA) is 46.2 Å². The number of aliphatic hydroxyl groups excluding tert-OH is 1. The Bertz CT molecular complexity index is 548. The molecule has 0 spiro atoms. The molecule has 3 N–H and O–H groups in total. The Morgan fingerprint density at radius 3 is 2.30 bits per heavy atom. The number of halogens is 3. The molecule has 0 aromatic heterocycles. The molecule has 0 bridgehead atoms. The second kappa shape index (κ2) is 7.87. The van der Waals surface area contributed by atoms with E-state index in [0.29, 0.717) is 22.0 Å². The molecule has 0 radical (unpaired) electrons. The zero-order valence-electron chi connectivity index (χ0n) is 10.7. The van der Waals surface area contributed by atoms with Crippen LogP contribution in [0.1, 0.15) is 17.2 Å². The highest BCUT2D eigenvalue weighted by atomic mass is 35.5. The van der Waals surface area contributed by atoms with Crippen LogP contribution in [0.2, 0.25) is 10.0 Å². The zero-order chi connectivity index (χ0) is 13.8.